The third-order valence-corrected chi connectivity index (χ3v) is 12.0. The standard InChI is InChI=1S/C18H27N5O21P4.2Li.2Na/c19-11-1-3-22(17(28)20-11)13-5-8(24)9(40-13)6-38-45(30,31)42-47(34,35)44-48(36,37)43-46(32,33)39-7-10-14(26)15(27)16(41-10)23-4-2-12(25)21-18(23)29;;;;/h1-4,8-10,13-16,24,26-27H,5-7H2,(H,30,31)(H,32,33)(H,34,35)(H,36,37)(H2,19,20,28)(H,21,25,29);;;;/q;4*+1/p-4/t8-,9-,10-,13-,14-,15-,16-;;;;/m1..../s1. The van der Waals surface area contributed by atoms with Gasteiger partial charge in [0.15, 0.2) is 6.23 Å². The SMILES string of the molecule is Nc1ccn([C@H]2C[C@@H](O)[C@@H](COP(=O)([O-])OP(=O)([O-])OP(=O)([O-])OP(=O)([O-])OC[C@H]3O[C@@H](n4ccc(=O)[nH]c4=O)[C@H](O)[C@@H]3O)O2)c(=O)n1.[Li+].[Li+].[Na+].[Na+]. The molecule has 4 heterocycles. The molecule has 2 aliphatic rings. The van der Waals surface area contributed by atoms with Crippen LogP contribution in [0.1, 0.15) is 18.9 Å². The second-order valence-corrected chi connectivity index (χ2v) is 15.7. The molecule has 4 rings (SSSR count). The summed E-state index contributed by atoms with van der Waals surface area (Å²) in [7, 11) is -25.4. The number of hydrogen-bond acceptors (Lipinski definition) is 23. The van der Waals surface area contributed by atoms with E-state index in [4.69, 9.17) is 15.2 Å². The van der Waals surface area contributed by atoms with E-state index in [1.165, 1.54) is 12.3 Å². The van der Waals surface area contributed by atoms with Gasteiger partial charge in [0.05, 0.1) is 19.3 Å². The van der Waals surface area contributed by atoms with Gasteiger partial charge in [-0.3, -0.25) is 37.2 Å². The van der Waals surface area contributed by atoms with Crippen molar-refractivity contribution in [1.82, 2.24) is 19.1 Å². The fourth-order valence-electron chi connectivity index (χ4n) is 4.18. The summed E-state index contributed by atoms with van der Waals surface area (Å²) < 4.78 is 79.0. The molecule has 270 valence electrons. The molecule has 52 heavy (non-hydrogen) atoms. The zero-order chi connectivity index (χ0) is 35.8. The number of phosphoric acid groups is 4. The monoisotopic (exact) mass is 829 g/mol. The molecule has 0 amide bonds. The smallest absolute Gasteiger partial charge is 0.756 e. The van der Waals surface area contributed by atoms with Crippen LogP contribution in [0.2, 0.25) is 0 Å². The Balaban J connectivity index is 0.00000650. The third-order valence-electron chi connectivity index (χ3n) is 6.22. The van der Waals surface area contributed by atoms with Crippen LogP contribution in [-0.2, 0) is 49.7 Å². The number of rotatable bonds is 14. The van der Waals surface area contributed by atoms with Gasteiger partial charge in [-0.05, 0) is 6.07 Å². The Kier molecular flexibility index (Phi) is 21.4. The number of nitrogens with two attached hydrogens (primary N) is 1. The minimum absolute atomic E-state index is 0. The number of nitrogens with zero attached hydrogens (tertiary/aromatic N) is 3. The van der Waals surface area contributed by atoms with Crippen molar-refractivity contribution < 1.29 is 181 Å². The normalized spacial score (nSPS) is 28.6. The van der Waals surface area contributed by atoms with E-state index >= 15 is 0 Å². The van der Waals surface area contributed by atoms with Crippen molar-refractivity contribution in [2.75, 3.05) is 18.9 Å². The Morgan fingerprint density at radius 2 is 1.31 bits per heavy atom. The van der Waals surface area contributed by atoms with Crippen molar-refractivity contribution >= 4 is 37.1 Å². The molecule has 34 heteroatoms. The number of anilines is 1. The topological polar surface area (TPSA) is 402 Å². The number of ether oxygens (including phenoxy) is 2. The van der Waals surface area contributed by atoms with Crippen molar-refractivity contribution in [3.8, 4) is 0 Å². The fourth-order valence-corrected chi connectivity index (χ4v) is 8.93. The van der Waals surface area contributed by atoms with Gasteiger partial charge in [-0.2, -0.15) is 4.98 Å². The summed E-state index contributed by atoms with van der Waals surface area (Å²) >= 11 is 0. The predicted molar refractivity (Wildman–Crippen MR) is 140 cm³/mol. The van der Waals surface area contributed by atoms with Gasteiger partial charge in [0.25, 0.3) is 36.9 Å². The van der Waals surface area contributed by atoms with Crippen LogP contribution >= 0.6 is 31.3 Å². The van der Waals surface area contributed by atoms with Gasteiger partial charge < -0.3 is 59.1 Å². The zero-order valence-electron chi connectivity index (χ0n) is 27.4. The van der Waals surface area contributed by atoms with Gasteiger partial charge in [0.2, 0.25) is 0 Å². The van der Waals surface area contributed by atoms with Gasteiger partial charge in [0.1, 0.15) is 36.5 Å². The number of aromatic amines is 1. The van der Waals surface area contributed by atoms with Crippen molar-refractivity contribution in [3.63, 3.8) is 0 Å². The number of aliphatic hydroxyl groups is 3. The summed E-state index contributed by atoms with van der Waals surface area (Å²) in [4.78, 5) is 88.4. The second kappa shape index (κ2) is 21.1. The summed E-state index contributed by atoms with van der Waals surface area (Å²) in [5.74, 6) is -0.125. The molecule has 2 fully saturated rings. The van der Waals surface area contributed by atoms with Crippen molar-refractivity contribution in [1.29, 1.82) is 0 Å². The number of nitrogen functional groups attached to an aromatic ring is 1. The summed E-state index contributed by atoms with van der Waals surface area (Å²) in [6.45, 7) is -2.44. The molecule has 0 saturated carbocycles. The summed E-state index contributed by atoms with van der Waals surface area (Å²) in [5, 5.41) is 30.4. The van der Waals surface area contributed by atoms with Crippen molar-refractivity contribution in [2.45, 2.75) is 49.4 Å². The summed E-state index contributed by atoms with van der Waals surface area (Å²) in [6, 6.07) is 2.07. The number of nitrogens with one attached hydrogen (secondary N) is 1. The van der Waals surface area contributed by atoms with E-state index in [9.17, 15) is 67.5 Å². The van der Waals surface area contributed by atoms with Crippen molar-refractivity contribution in [3.05, 3.63) is 55.8 Å². The van der Waals surface area contributed by atoms with Crippen LogP contribution in [0.4, 0.5) is 5.82 Å². The first-order valence-corrected chi connectivity index (χ1v) is 18.6. The Morgan fingerprint density at radius 1 is 0.808 bits per heavy atom. The molecule has 4 unspecified atom stereocenters. The maximum Gasteiger partial charge on any atom is 1.00 e. The first kappa shape index (κ1) is 52.9. The summed E-state index contributed by atoms with van der Waals surface area (Å²) in [6.07, 6.45) is -9.78. The molecule has 26 nitrogen and oxygen atoms in total. The number of hydrogen-bond donors (Lipinski definition) is 5. The maximum absolute atomic E-state index is 12.0. The molecule has 0 bridgehead atoms. The fraction of sp³-hybridized carbons (Fsp3) is 0.556. The van der Waals surface area contributed by atoms with E-state index in [2.05, 4.69) is 27.0 Å². The van der Waals surface area contributed by atoms with E-state index in [0.29, 0.717) is 4.57 Å². The second-order valence-electron chi connectivity index (χ2n) is 9.66. The molecule has 0 spiro atoms. The molecular weight excluding hydrogens is 806 g/mol. The van der Waals surface area contributed by atoms with E-state index in [-0.39, 0.29) is 109 Å². The van der Waals surface area contributed by atoms with E-state index in [0.717, 1.165) is 16.8 Å². The average Bonchev–Trinajstić information content (AvgIpc) is 3.42. The number of H-pyrrole nitrogens is 1. The van der Waals surface area contributed by atoms with Crippen LogP contribution in [0, 0.1) is 0 Å². The zero-order valence-corrected chi connectivity index (χ0v) is 34.9. The number of aliphatic hydroxyl groups excluding tert-OH is 3. The maximum atomic E-state index is 12.0. The molecule has 6 N–H and O–H groups in total. The van der Waals surface area contributed by atoms with Crippen molar-refractivity contribution in [2.24, 2.45) is 0 Å². The average molecular weight is 829 g/mol. The Hall–Kier alpha value is 0.915. The first-order valence-electron chi connectivity index (χ1n) is 12.8. The minimum atomic E-state index is -6.59. The van der Waals surface area contributed by atoms with Crippen LogP contribution in [-0.4, -0.2) is 78.2 Å². The molecule has 11 atom stereocenters. The molecule has 2 saturated heterocycles. The van der Waals surface area contributed by atoms with Gasteiger partial charge in [-0.1, -0.05) is 0 Å². The van der Waals surface area contributed by atoms with Gasteiger partial charge in [-0.15, -0.1) is 0 Å². The van der Waals surface area contributed by atoms with Crippen LogP contribution < -0.4 is 139 Å². The minimum Gasteiger partial charge on any atom is -0.756 e. The molecule has 2 aliphatic heterocycles. The largest absolute Gasteiger partial charge is 1.00 e. The molecule has 0 radical (unpaired) electrons. The Bertz CT molecular complexity index is 1890. The predicted octanol–water partition coefficient (Wildman–Crippen LogP) is -17.4. The Morgan fingerprint density at radius 3 is 1.83 bits per heavy atom. The third kappa shape index (κ3) is 14.7. The summed E-state index contributed by atoms with van der Waals surface area (Å²) in [5.41, 5.74) is 2.58. The Labute approximate surface area is 358 Å². The van der Waals surface area contributed by atoms with Gasteiger partial charge in [-0.25, -0.2) is 22.5 Å². The van der Waals surface area contributed by atoms with E-state index in [1.807, 2.05) is 4.98 Å². The number of phosphoric ester groups is 2. The first-order chi connectivity index (χ1) is 22.1. The van der Waals surface area contributed by atoms with Crippen LogP contribution in [0.5, 0.6) is 0 Å². The van der Waals surface area contributed by atoms with Crippen LogP contribution in [0.3, 0.4) is 0 Å². The molecule has 2 aromatic rings. The van der Waals surface area contributed by atoms with E-state index < -0.39 is 104 Å². The molecular formula is C18H23Li2N5Na2O21P4. The number of aromatic nitrogens is 4. The van der Waals surface area contributed by atoms with Gasteiger partial charge in [0, 0.05) is 24.9 Å². The molecule has 0 aliphatic carbocycles. The van der Waals surface area contributed by atoms with Gasteiger partial charge >= 0.3 is 108 Å². The molecule has 2 aromatic heterocycles. The van der Waals surface area contributed by atoms with E-state index in [1.54, 1.807) is 0 Å². The van der Waals surface area contributed by atoms with Crippen LogP contribution in [0.25, 0.3) is 0 Å². The van der Waals surface area contributed by atoms with Crippen LogP contribution in [0.15, 0.2) is 38.9 Å². The molecule has 0 aromatic carbocycles. The quantitative estimate of drug-likeness (QED) is 0.0871.